The molecule has 3 N–H and O–H groups in total. The smallest absolute Gasteiger partial charge is 0.116 e. The summed E-state index contributed by atoms with van der Waals surface area (Å²) in [6.07, 6.45) is 9.26. The molecule has 0 aromatic carbocycles. The van der Waals surface area contributed by atoms with E-state index in [1.807, 2.05) is 31.0 Å². The molecule has 0 fully saturated rings. The molecule has 0 saturated carbocycles. The van der Waals surface area contributed by atoms with Crippen LogP contribution in [0, 0.1) is 0 Å². The highest BCUT2D eigenvalue weighted by Gasteiger charge is 2.15. The van der Waals surface area contributed by atoms with E-state index in [1.165, 1.54) is 4.88 Å². The predicted molar refractivity (Wildman–Crippen MR) is 134 cm³/mol. The minimum atomic E-state index is 0.327. The summed E-state index contributed by atoms with van der Waals surface area (Å²) in [6.45, 7) is 4.21. The van der Waals surface area contributed by atoms with Crippen LogP contribution in [-0.4, -0.2) is 36.2 Å². The van der Waals surface area contributed by atoms with E-state index < -0.39 is 0 Å². The van der Waals surface area contributed by atoms with Gasteiger partial charge in [-0.25, -0.2) is 0 Å². The third-order valence-electron chi connectivity index (χ3n) is 5.52. The number of hydrogen-bond acceptors (Lipinski definition) is 6. The highest BCUT2D eigenvalue weighted by Crippen LogP contribution is 2.35. The van der Waals surface area contributed by atoms with Gasteiger partial charge in [-0.1, -0.05) is 6.07 Å². The maximum atomic E-state index is 4.64. The lowest BCUT2D eigenvalue weighted by Crippen LogP contribution is -2.09. The molecule has 6 aromatic rings. The van der Waals surface area contributed by atoms with Crippen LogP contribution in [-0.2, 0) is 0 Å². The first kappa shape index (κ1) is 19.6. The van der Waals surface area contributed by atoms with E-state index in [0.717, 1.165) is 55.7 Å². The van der Waals surface area contributed by atoms with E-state index in [2.05, 4.69) is 85.0 Å². The summed E-state index contributed by atoms with van der Waals surface area (Å²) in [5, 5.41) is 15.3. The molecule has 0 spiro atoms. The molecule has 6 rings (SSSR count). The number of aromatic nitrogens is 6. The molecular weight excluding hydrogens is 430 g/mol. The van der Waals surface area contributed by atoms with Crippen molar-refractivity contribution in [2.75, 3.05) is 5.32 Å². The number of H-pyrrole nitrogens is 2. The Labute approximate surface area is 194 Å². The molecule has 0 aliphatic rings. The van der Waals surface area contributed by atoms with Crippen molar-refractivity contribution >= 4 is 38.8 Å². The molecule has 0 radical (unpaired) electrons. The highest BCUT2D eigenvalue weighted by atomic mass is 32.1. The second kappa shape index (κ2) is 7.83. The Morgan fingerprint density at radius 2 is 1.85 bits per heavy atom. The van der Waals surface area contributed by atoms with Gasteiger partial charge in [0.1, 0.15) is 5.69 Å². The lowest BCUT2D eigenvalue weighted by molar-refractivity contribution is 0.898. The van der Waals surface area contributed by atoms with Gasteiger partial charge < -0.3 is 10.3 Å². The maximum absolute atomic E-state index is 4.64. The maximum Gasteiger partial charge on any atom is 0.116 e. The summed E-state index contributed by atoms with van der Waals surface area (Å²) in [6, 6.07) is 10.8. The van der Waals surface area contributed by atoms with Crippen LogP contribution in [0.25, 0.3) is 54.9 Å². The van der Waals surface area contributed by atoms with Crippen LogP contribution in [0.15, 0.2) is 66.7 Å². The van der Waals surface area contributed by atoms with Gasteiger partial charge in [-0.05, 0) is 43.5 Å². The van der Waals surface area contributed by atoms with Crippen LogP contribution in [0.1, 0.15) is 13.8 Å². The summed E-state index contributed by atoms with van der Waals surface area (Å²) in [4.78, 5) is 18.2. The fourth-order valence-electron chi connectivity index (χ4n) is 4.08. The zero-order chi connectivity index (χ0) is 22.4. The van der Waals surface area contributed by atoms with Gasteiger partial charge in [0.05, 0.1) is 40.5 Å². The Balaban J connectivity index is 1.45. The van der Waals surface area contributed by atoms with Crippen LogP contribution in [0.5, 0.6) is 0 Å². The SMILES string of the molecule is CC(C)Nc1cncc(-c2cc3c(-c4cc5c(-c6cccs6)cncc5[nH]4)n[nH]c3cn2)c1. The molecule has 162 valence electrons. The number of rotatable bonds is 5. The predicted octanol–water partition coefficient (Wildman–Crippen LogP) is 6.11. The number of pyridine rings is 3. The number of hydrogen-bond donors (Lipinski definition) is 3. The average molecular weight is 452 g/mol. The molecule has 0 aliphatic carbocycles. The molecule has 33 heavy (non-hydrogen) atoms. The standard InChI is InChI=1S/C25H21N7S/c1-14(2)29-16-6-15(9-26-10-16)20-8-18-23(13-28-20)31-32-25(18)21-7-17-19(24-4-3-5-33-24)11-27-12-22(17)30-21/h3-14,29-30H,1-2H3,(H,31,32). The molecule has 7 nitrogen and oxygen atoms in total. The molecule has 0 aliphatic heterocycles. The zero-order valence-electron chi connectivity index (χ0n) is 18.1. The van der Waals surface area contributed by atoms with Gasteiger partial charge in [0, 0.05) is 51.4 Å². The number of aromatic amines is 2. The quantitative estimate of drug-likeness (QED) is 0.294. The van der Waals surface area contributed by atoms with Gasteiger partial charge in [0.15, 0.2) is 0 Å². The van der Waals surface area contributed by atoms with Crippen molar-refractivity contribution in [1.82, 2.24) is 30.1 Å². The first-order chi connectivity index (χ1) is 16.2. The summed E-state index contributed by atoms with van der Waals surface area (Å²) in [5.74, 6) is 0. The van der Waals surface area contributed by atoms with Crippen molar-refractivity contribution in [3.8, 4) is 33.1 Å². The van der Waals surface area contributed by atoms with Gasteiger partial charge in [0.25, 0.3) is 0 Å². The van der Waals surface area contributed by atoms with Crippen LogP contribution in [0.3, 0.4) is 0 Å². The minimum Gasteiger partial charge on any atom is -0.382 e. The molecular formula is C25H21N7S. The van der Waals surface area contributed by atoms with Gasteiger partial charge >= 0.3 is 0 Å². The lowest BCUT2D eigenvalue weighted by atomic mass is 10.1. The van der Waals surface area contributed by atoms with E-state index >= 15 is 0 Å². The lowest BCUT2D eigenvalue weighted by Gasteiger charge is -2.10. The van der Waals surface area contributed by atoms with Crippen LogP contribution in [0.4, 0.5) is 5.69 Å². The van der Waals surface area contributed by atoms with E-state index in [1.54, 1.807) is 11.3 Å². The average Bonchev–Trinajstić information content (AvgIpc) is 3.57. The van der Waals surface area contributed by atoms with Gasteiger partial charge in [-0.2, -0.15) is 5.10 Å². The van der Waals surface area contributed by atoms with Crippen molar-refractivity contribution in [3.63, 3.8) is 0 Å². The Morgan fingerprint density at radius 3 is 2.70 bits per heavy atom. The van der Waals surface area contributed by atoms with Crippen LogP contribution < -0.4 is 5.32 Å². The Kier molecular flexibility index (Phi) is 4.66. The van der Waals surface area contributed by atoms with E-state index in [4.69, 9.17) is 0 Å². The van der Waals surface area contributed by atoms with Gasteiger partial charge in [-0.3, -0.25) is 20.1 Å². The molecule has 0 amide bonds. The first-order valence-corrected chi connectivity index (χ1v) is 11.6. The van der Waals surface area contributed by atoms with Gasteiger partial charge in [-0.15, -0.1) is 11.3 Å². The largest absolute Gasteiger partial charge is 0.382 e. The number of anilines is 1. The van der Waals surface area contributed by atoms with Crippen LogP contribution in [0.2, 0.25) is 0 Å². The van der Waals surface area contributed by atoms with E-state index in [0.29, 0.717) is 6.04 Å². The molecule has 6 heterocycles. The number of fused-ring (bicyclic) bond motifs is 2. The van der Waals surface area contributed by atoms with Crippen molar-refractivity contribution in [2.45, 2.75) is 19.9 Å². The summed E-state index contributed by atoms with van der Waals surface area (Å²) < 4.78 is 0. The zero-order valence-corrected chi connectivity index (χ0v) is 18.9. The third-order valence-corrected chi connectivity index (χ3v) is 6.43. The summed E-state index contributed by atoms with van der Waals surface area (Å²) in [7, 11) is 0. The summed E-state index contributed by atoms with van der Waals surface area (Å²) in [5.41, 5.74) is 7.55. The molecule has 0 unspecified atom stereocenters. The normalized spacial score (nSPS) is 11.6. The molecule has 6 aromatic heterocycles. The first-order valence-electron chi connectivity index (χ1n) is 10.7. The second-order valence-electron chi connectivity index (χ2n) is 8.26. The van der Waals surface area contributed by atoms with Crippen molar-refractivity contribution in [2.24, 2.45) is 0 Å². The monoisotopic (exact) mass is 451 g/mol. The molecule has 8 heteroatoms. The Hall–Kier alpha value is -4.04. The minimum absolute atomic E-state index is 0.327. The van der Waals surface area contributed by atoms with Crippen LogP contribution >= 0.6 is 11.3 Å². The fraction of sp³-hybridized carbons (Fsp3) is 0.120. The summed E-state index contributed by atoms with van der Waals surface area (Å²) >= 11 is 1.71. The molecule has 0 saturated heterocycles. The number of thiophene rings is 1. The fourth-order valence-corrected chi connectivity index (χ4v) is 4.83. The van der Waals surface area contributed by atoms with Gasteiger partial charge in [0.2, 0.25) is 0 Å². The van der Waals surface area contributed by atoms with E-state index in [-0.39, 0.29) is 0 Å². The Bertz CT molecular complexity index is 1580. The number of nitrogens with one attached hydrogen (secondary N) is 3. The third kappa shape index (κ3) is 3.54. The van der Waals surface area contributed by atoms with Crippen molar-refractivity contribution in [1.29, 1.82) is 0 Å². The molecule has 0 atom stereocenters. The van der Waals surface area contributed by atoms with E-state index in [9.17, 15) is 0 Å². The highest BCUT2D eigenvalue weighted by molar-refractivity contribution is 7.13. The topological polar surface area (TPSA) is 95.2 Å². The van der Waals surface area contributed by atoms with Crippen molar-refractivity contribution < 1.29 is 0 Å². The molecule has 0 bridgehead atoms. The second-order valence-corrected chi connectivity index (χ2v) is 9.20. The van der Waals surface area contributed by atoms with Crippen molar-refractivity contribution in [3.05, 3.63) is 66.7 Å². The number of nitrogens with zero attached hydrogens (tertiary/aromatic N) is 4. The Morgan fingerprint density at radius 1 is 0.939 bits per heavy atom.